The molecule has 1 atom stereocenters. The van der Waals surface area contributed by atoms with E-state index in [2.05, 4.69) is 4.98 Å². The largest absolute Gasteiger partial charge is 0.371 e. The summed E-state index contributed by atoms with van der Waals surface area (Å²) in [6, 6.07) is 9.66. The standard InChI is InChI=1S/C14H17N3O3S/c1-16-10-14(15-11-16)21(18,19)17-7-8-20-13(9-17)12-5-3-2-4-6-12/h2-6,10-11,13H,7-9H2,1H3. The molecular weight excluding hydrogens is 290 g/mol. The highest BCUT2D eigenvalue weighted by Gasteiger charge is 2.32. The summed E-state index contributed by atoms with van der Waals surface area (Å²) in [7, 11) is -1.81. The van der Waals surface area contributed by atoms with Crippen molar-refractivity contribution in [2.75, 3.05) is 19.7 Å². The van der Waals surface area contributed by atoms with Crippen LogP contribution in [0.5, 0.6) is 0 Å². The number of imidazole rings is 1. The maximum Gasteiger partial charge on any atom is 0.262 e. The van der Waals surface area contributed by atoms with Crippen molar-refractivity contribution in [2.45, 2.75) is 11.1 Å². The van der Waals surface area contributed by atoms with Crippen molar-refractivity contribution in [2.24, 2.45) is 7.05 Å². The predicted molar refractivity (Wildman–Crippen MR) is 77.1 cm³/mol. The zero-order valence-electron chi connectivity index (χ0n) is 11.7. The normalized spacial score (nSPS) is 20.5. The molecule has 0 N–H and O–H groups in total. The summed E-state index contributed by atoms with van der Waals surface area (Å²) in [4.78, 5) is 3.95. The Morgan fingerprint density at radius 1 is 1.29 bits per heavy atom. The number of rotatable bonds is 3. The fourth-order valence-electron chi connectivity index (χ4n) is 2.37. The smallest absolute Gasteiger partial charge is 0.262 e. The number of morpholine rings is 1. The first-order valence-electron chi connectivity index (χ1n) is 6.72. The summed E-state index contributed by atoms with van der Waals surface area (Å²) in [5.74, 6) is 0. The van der Waals surface area contributed by atoms with Crippen molar-refractivity contribution in [1.29, 1.82) is 0 Å². The third-order valence-electron chi connectivity index (χ3n) is 3.49. The fourth-order valence-corrected chi connectivity index (χ4v) is 3.76. The highest BCUT2D eigenvalue weighted by molar-refractivity contribution is 7.89. The van der Waals surface area contributed by atoms with Gasteiger partial charge in [-0.15, -0.1) is 0 Å². The molecule has 1 aromatic carbocycles. The van der Waals surface area contributed by atoms with E-state index in [1.54, 1.807) is 11.6 Å². The summed E-state index contributed by atoms with van der Waals surface area (Å²) in [6.07, 6.45) is 2.77. The number of aromatic nitrogens is 2. The lowest BCUT2D eigenvalue weighted by Crippen LogP contribution is -2.42. The van der Waals surface area contributed by atoms with Crippen LogP contribution in [0, 0.1) is 0 Å². The second-order valence-corrected chi connectivity index (χ2v) is 6.90. The number of hydrogen-bond donors (Lipinski definition) is 0. The van der Waals surface area contributed by atoms with Gasteiger partial charge in [0, 0.05) is 26.3 Å². The fraction of sp³-hybridized carbons (Fsp3) is 0.357. The van der Waals surface area contributed by atoms with Gasteiger partial charge < -0.3 is 9.30 Å². The number of aryl methyl sites for hydroxylation is 1. The minimum Gasteiger partial charge on any atom is -0.371 e. The Kier molecular flexibility index (Phi) is 3.79. The van der Waals surface area contributed by atoms with E-state index in [1.807, 2.05) is 30.3 Å². The van der Waals surface area contributed by atoms with Gasteiger partial charge in [0.15, 0.2) is 5.03 Å². The van der Waals surface area contributed by atoms with Gasteiger partial charge in [-0.05, 0) is 5.56 Å². The van der Waals surface area contributed by atoms with Gasteiger partial charge in [0.1, 0.15) is 0 Å². The molecule has 7 heteroatoms. The van der Waals surface area contributed by atoms with E-state index >= 15 is 0 Å². The molecular formula is C14H17N3O3S. The SMILES string of the molecule is Cn1cnc(S(=O)(=O)N2CCOC(c3ccccc3)C2)c1. The molecule has 0 saturated carbocycles. The molecule has 2 heterocycles. The van der Waals surface area contributed by atoms with Crippen LogP contribution in [0.3, 0.4) is 0 Å². The first kappa shape index (κ1) is 14.2. The highest BCUT2D eigenvalue weighted by Crippen LogP contribution is 2.25. The van der Waals surface area contributed by atoms with Crippen molar-refractivity contribution < 1.29 is 13.2 Å². The van der Waals surface area contributed by atoms with Gasteiger partial charge in [0.05, 0.1) is 19.0 Å². The first-order chi connectivity index (χ1) is 10.1. The van der Waals surface area contributed by atoms with E-state index in [9.17, 15) is 8.42 Å². The Morgan fingerprint density at radius 2 is 2.05 bits per heavy atom. The Morgan fingerprint density at radius 3 is 2.71 bits per heavy atom. The van der Waals surface area contributed by atoms with Crippen LogP contribution in [-0.2, 0) is 21.8 Å². The van der Waals surface area contributed by atoms with Gasteiger partial charge in [-0.1, -0.05) is 30.3 Å². The van der Waals surface area contributed by atoms with Gasteiger partial charge in [-0.2, -0.15) is 4.31 Å². The molecule has 6 nitrogen and oxygen atoms in total. The average molecular weight is 307 g/mol. The Hall–Kier alpha value is -1.70. The zero-order valence-corrected chi connectivity index (χ0v) is 12.5. The Balaban J connectivity index is 1.83. The molecule has 0 amide bonds. The Labute approximate surface area is 124 Å². The van der Waals surface area contributed by atoms with E-state index in [4.69, 9.17) is 4.74 Å². The third kappa shape index (κ3) is 2.85. The molecule has 1 aliphatic rings. The van der Waals surface area contributed by atoms with Gasteiger partial charge in [-0.25, -0.2) is 13.4 Å². The molecule has 0 aliphatic carbocycles. The van der Waals surface area contributed by atoms with Gasteiger partial charge >= 0.3 is 0 Å². The van der Waals surface area contributed by atoms with Crippen LogP contribution in [0.1, 0.15) is 11.7 Å². The third-order valence-corrected chi connectivity index (χ3v) is 5.24. The van der Waals surface area contributed by atoms with Gasteiger partial charge in [0.25, 0.3) is 10.0 Å². The van der Waals surface area contributed by atoms with Crippen molar-refractivity contribution >= 4 is 10.0 Å². The molecule has 21 heavy (non-hydrogen) atoms. The minimum absolute atomic E-state index is 0.0821. The second-order valence-electron chi connectivity index (χ2n) is 5.01. The van der Waals surface area contributed by atoms with Crippen LogP contribution in [0.2, 0.25) is 0 Å². The van der Waals surface area contributed by atoms with Gasteiger partial charge in [-0.3, -0.25) is 0 Å². The van der Waals surface area contributed by atoms with Crippen LogP contribution in [0.4, 0.5) is 0 Å². The second kappa shape index (κ2) is 5.59. The van der Waals surface area contributed by atoms with E-state index in [1.165, 1.54) is 16.8 Å². The first-order valence-corrected chi connectivity index (χ1v) is 8.16. The summed E-state index contributed by atoms with van der Waals surface area (Å²) in [6.45, 7) is 1.04. The number of hydrogen-bond acceptors (Lipinski definition) is 4. The molecule has 0 spiro atoms. The highest BCUT2D eigenvalue weighted by atomic mass is 32.2. The number of ether oxygens (including phenoxy) is 1. The molecule has 1 fully saturated rings. The van der Waals surface area contributed by atoms with Crippen LogP contribution in [0.25, 0.3) is 0 Å². The van der Waals surface area contributed by atoms with Crippen molar-refractivity contribution in [1.82, 2.24) is 13.9 Å². The molecule has 3 rings (SSSR count). The quantitative estimate of drug-likeness (QED) is 0.854. The zero-order chi connectivity index (χ0) is 14.9. The summed E-state index contributed by atoms with van der Waals surface area (Å²) >= 11 is 0. The van der Waals surface area contributed by atoms with Crippen LogP contribution in [-0.4, -0.2) is 42.0 Å². The molecule has 112 valence electrons. The molecule has 1 aromatic heterocycles. The lowest BCUT2D eigenvalue weighted by Gasteiger charge is -2.31. The van der Waals surface area contributed by atoms with Crippen LogP contribution >= 0.6 is 0 Å². The van der Waals surface area contributed by atoms with Crippen LogP contribution < -0.4 is 0 Å². The van der Waals surface area contributed by atoms with E-state index in [0.717, 1.165) is 5.56 Å². The number of nitrogens with zero attached hydrogens (tertiary/aromatic N) is 3. The maximum absolute atomic E-state index is 12.6. The average Bonchev–Trinajstić information content (AvgIpc) is 2.96. The monoisotopic (exact) mass is 307 g/mol. The van der Waals surface area contributed by atoms with Crippen LogP contribution in [0.15, 0.2) is 47.9 Å². The molecule has 0 bridgehead atoms. The lowest BCUT2D eigenvalue weighted by atomic mass is 10.1. The van der Waals surface area contributed by atoms with E-state index < -0.39 is 10.0 Å². The van der Waals surface area contributed by atoms with Gasteiger partial charge in [0.2, 0.25) is 0 Å². The molecule has 1 saturated heterocycles. The summed E-state index contributed by atoms with van der Waals surface area (Å²) in [5.41, 5.74) is 0.985. The van der Waals surface area contributed by atoms with E-state index in [0.29, 0.717) is 19.7 Å². The molecule has 1 aliphatic heterocycles. The summed E-state index contributed by atoms with van der Waals surface area (Å²) < 4.78 is 33.9. The van der Waals surface area contributed by atoms with Crippen molar-refractivity contribution in [3.05, 3.63) is 48.4 Å². The molecule has 1 unspecified atom stereocenters. The lowest BCUT2D eigenvalue weighted by molar-refractivity contribution is -0.00261. The minimum atomic E-state index is -3.56. The van der Waals surface area contributed by atoms with Crippen molar-refractivity contribution in [3.63, 3.8) is 0 Å². The topological polar surface area (TPSA) is 64.4 Å². The molecule has 2 aromatic rings. The van der Waals surface area contributed by atoms with E-state index in [-0.39, 0.29) is 11.1 Å². The number of benzene rings is 1. The predicted octanol–water partition coefficient (Wildman–Crippen LogP) is 1.18. The summed E-state index contributed by atoms with van der Waals surface area (Å²) in [5, 5.41) is 0.0821. The Bertz CT molecular complexity index is 712. The maximum atomic E-state index is 12.6. The van der Waals surface area contributed by atoms with Crippen molar-refractivity contribution in [3.8, 4) is 0 Å². The number of sulfonamides is 1. The molecule has 0 radical (unpaired) electrons.